The number of urea groups is 1. The number of hydrogen-bond acceptors (Lipinski definition) is 4. The van der Waals surface area contributed by atoms with E-state index in [0.717, 1.165) is 10.9 Å². The first-order valence-corrected chi connectivity index (χ1v) is 7.59. The third kappa shape index (κ3) is 3.03. The highest BCUT2D eigenvalue weighted by atomic mass is 16.5. The Morgan fingerprint density at radius 1 is 1.29 bits per heavy atom. The normalized spacial score (nSPS) is 10.6. The fourth-order valence-electron chi connectivity index (χ4n) is 2.52. The number of amides is 2. The minimum atomic E-state index is -0.244. The number of carbonyl (C=O) groups is 1. The molecule has 0 bridgehead atoms. The van der Waals surface area contributed by atoms with Gasteiger partial charge in [0.1, 0.15) is 11.4 Å². The fourth-order valence-corrected chi connectivity index (χ4v) is 2.52. The quantitative estimate of drug-likeness (QED) is 0.797. The van der Waals surface area contributed by atoms with Crippen LogP contribution < -0.4 is 15.0 Å². The fraction of sp³-hybridized carbons (Fsp3) is 0.222. The molecule has 0 aliphatic heterocycles. The van der Waals surface area contributed by atoms with E-state index in [9.17, 15) is 4.79 Å². The van der Waals surface area contributed by atoms with Gasteiger partial charge in [0.2, 0.25) is 0 Å². The summed E-state index contributed by atoms with van der Waals surface area (Å²) < 4.78 is 10.6. The Morgan fingerprint density at radius 2 is 2.08 bits per heavy atom. The Kier molecular flexibility index (Phi) is 4.37. The predicted octanol–water partition coefficient (Wildman–Crippen LogP) is 3.49. The molecule has 1 aromatic heterocycles. The van der Waals surface area contributed by atoms with Crippen molar-refractivity contribution in [1.29, 1.82) is 0 Å². The molecule has 0 saturated heterocycles. The minimum absolute atomic E-state index is 0.244. The lowest BCUT2D eigenvalue weighted by Crippen LogP contribution is -2.37. The van der Waals surface area contributed by atoms with Crippen molar-refractivity contribution >= 4 is 22.7 Å². The molecule has 2 amide bonds. The van der Waals surface area contributed by atoms with Gasteiger partial charge in [0.05, 0.1) is 19.3 Å². The molecule has 1 heterocycles. The first-order chi connectivity index (χ1) is 11.6. The molecule has 0 aliphatic rings. The Morgan fingerprint density at radius 3 is 2.88 bits per heavy atom. The van der Waals surface area contributed by atoms with Gasteiger partial charge in [-0.05, 0) is 36.8 Å². The molecular formula is C18H19N3O3. The molecule has 0 radical (unpaired) electrons. The molecule has 2 aromatic carbocycles. The van der Waals surface area contributed by atoms with Gasteiger partial charge in [-0.3, -0.25) is 4.90 Å². The second-order valence-electron chi connectivity index (χ2n) is 5.52. The zero-order chi connectivity index (χ0) is 17.1. The van der Waals surface area contributed by atoms with Gasteiger partial charge in [0.15, 0.2) is 5.58 Å². The van der Waals surface area contributed by atoms with Gasteiger partial charge >= 0.3 is 6.03 Å². The Bertz CT molecular complexity index is 873. The number of rotatable bonds is 4. The first-order valence-electron chi connectivity index (χ1n) is 7.59. The molecule has 0 atom stereocenters. The number of methoxy groups -OCH3 is 1. The molecule has 3 aromatic rings. The van der Waals surface area contributed by atoms with Crippen molar-refractivity contribution in [3.63, 3.8) is 0 Å². The third-order valence-corrected chi connectivity index (χ3v) is 3.86. The van der Waals surface area contributed by atoms with Gasteiger partial charge < -0.3 is 14.6 Å². The highest BCUT2D eigenvalue weighted by Gasteiger charge is 2.16. The highest BCUT2D eigenvalue weighted by Crippen LogP contribution is 2.28. The number of aromatic nitrogens is 1. The Labute approximate surface area is 140 Å². The van der Waals surface area contributed by atoms with Crippen molar-refractivity contribution in [2.24, 2.45) is 0 Å². The van der Waals surface area contributed by atoms with E-state index in [1.165, 1.54) is 4.90 Å². The molecule has 0 spiro atoms. The summed E-state index contributed by atoms with van der Waals surface area (Å²) in [5.41, 5.74) is 3.16. The van der Waals surface area contributed by atoms with E-state index in [0.29, 0.717) is 22.7 Å². The molecular weight excluding hydrogens is 306 g/mol. The van der Waals surface area contributed by atoms with Crippen molar-refractivity contribution in [3.05, 3.63) is 53.7 Å². The maximum atomic E-state index is 12.5. The molecule has 3 rings (SSSR count). The number of para-hydroxylation sites is 1. The number of ether oxygens (including phenoxy) is 1. The number of hydrogen-bond donors (Lipinski definition) is 1. The number of anilines is 1. The van der Waals surface area contributed by atoms with Crippen LogP contribution in [0, 0.1) is 6.92 Å². The van der Waals surface area contributed by atoms with Gasteiger partial charge in [0, 0.05) is 12.4 Å². The summed E-state index contributed by atoms with van der Waals surface area (Å²) in [5, 5.41) is 7.77. The average molecular weight is 325 g/mol. The van der Waals surface area contributed by atoms with Crippen LogP contribution in [0.1, 0.15) is 11.3 Å². The van der Waals surface area contributed by atoms with Crippen LogP contribution in [-0.2, 0) is 6.54 Å². The smallest absolute Gasteiger partial charge is 0.322 e. The SMILES string of the molecule is COc1ccc(C)cc1N(C)C(=O)NCc1noc2ccccc12. The summed E-state index contributed by atoms with van der Waals surface area (Å²) in [6.07, 6.45) is 0. The molecule has 0 saturated carbocycles. The minimum Gasteiger partial charge on any atom is -0.495 e. The van der Waals surface area contributed by atoms with E-state index in [1.807, 2.05) is 49.4 Å². The number of benzene rings is 2. The molecule has 0 unspecified atom stereocenters. The van der Waals surface area contributed by atoms with Gasteiger partial charge in [-0.2, -0.15) is 0 Å². The molecule has 1 N–H and O–H groups in total. The molecule has 124 valence electrons. The van der Waals surface area contributed by atoms with Gasteiger partial charge in [-0.1, -0.05) is 23.4 Å². The number of carbonyl (C=O) groups excluding carboxylic acids is 1. The largest absolute Gasteiger partial charge is 0.495 e. The molecule has 6 heteroatoms. The second-order valence-corrected chi connectivity index (χ2v) is 5.52. The molecule has 24 heavy (non-hydrogen) atoms. The summed E-state index contributed by atoms with van der Waals surface area (Å²) in [6, 6.07) is 13.0. The van der Waals surface area contributed by atoms with Crippen LogP contribution >= 0.6 is 0 Å². The van der Waals surface area contributed by atoms with Gasteiger partial charge in [-0.25, -0.2) is 4.79 Å². The van der Waals surface area contributed by atoms with E-state index in [-0.39, 0.29) is 12.6 Å². The summed E-state index contributed by atoms with van der Waals surface area (Å²) in [7, 11) is 3.29. The van der Waals surface area contributed by atoms with Crippen LogP contribution in [0.15, 0.2) is 47.0 Å². The Balaban J connectivity index is 1.74. The summed E-state index contributed by atoms with van der Waals surface area (Å²) in [5.74, 6) is 0.644. The van der Waals surface area contributed by atoms with Crippen LogP contribution in [-0.4, -0.2) is 25.3 Å². The zero-order valence-corrected chi connectivity index (χ0v) is 13.9. The van der Waals surface area contributed by atoms with Crippen molar-refractivity contribution in [1.82, 2.24) is 10.5 Å². The van der Waals surface area contributed by atoms with E-state index < -0.39 is 0 Å². The molecule has 0 aliphatic carbocycles. The van der Waals surface area contributed by atoms with Crippen molar-refractivity contribution in [2.45, 2.75) is 13.5 Å². The van der Waals surface area contributed by atoms with Crippen molar-refractivity contribution in [2.75, 3.05) is 19.1 Å². The van der Waals surface area contributed by atoms with Crippen LogP contribution in [0.3, 0.4) is 0 Å². The topological polar surface area (TPSA) is 67.6 Å². The number of nitrogens with zero attached hydrogens (tertiary/aromatic N) is 2. The lowest BCUT2D eigenvalue weighted by atomic mass is 10.2. The van der Waals surface area contributed by atoms with E-state index in [4.69, 9.17) is 9.26 Å². The molecule has 6 nitrogen and oxygen atoms in total. The van der Waals surface area contributed by atoms with E-state index in [1.54, 1.807) is 14.2 Å². The highest BCUT2D eigenvalue weighted by molar-refractivity contribution is 5.93. The lowest BCUT2D eigenvalue weighted by molar-refractivity contribution is 0.246. The van der Waals surface area contributed by atoms with E-state index >= 15 is 0 Å². The second kappa shape index (κ2) is 6.62. The summed E-state index contributed by atoms with van der Waals surface area (Å²) in [4.78, 5) is 14.0. The van der Waals surface area contributed by atoms with Crippen molar-refractivity contribution < 1.29 is 14.1 Å². The number of nitrogens with one attached hydrogen (secondary N) is 1. The Hall–Kier alpha value is -3.02. The van der Waals surface area contributed by atoms with Crippen LogP contribution in [0.2, 0.25) is 0 Å². The van der Waals surface area contributed by atoms with Gasteiger partial charge in [-0.15, -0.1) is 0 Å². The maximum absolute atomic E-state index is 12.5. The molecule has 0 fully saturated rings. The number of aryl methyl sites for hydroxylation is 1. The van der Waals surface area contributed by atoms with Crippen LogP contribution in [0.4, 0.5) is 10.5 Å². The van der Waals surface area contributed by atoms with Crippen molar-refractivity contribution in [3.8, 4) is 5.75 Å². The third-order valence-electron chi connectivity index (χ3n) is 3.86. The van der Waals surface area contributed by atoms with Crippen LogP contribution in [0.5, 0.6) is 5.75 Å². The monoisotopic (exact) mass is 325 g/mol. The van der Waals surface area contributed by atoms with Crippen LogP contribution in [0.25, 0.3) is 11.0 Å². The standard InChI is InChI=1S/C18H19N3O3/c1-12-8-9-17(23-3)15(10-12)21(2)18(22)19-11-14-13-6-4-5-7-16(13)24-20-14/h4-10H,11H2,1-3H3,(H,19,22). The number of fused-ring (bicyclic) bond motifs is 1. The maximum Gasteiger partial charge on any atom is 0.322 e. The lowest BCUT2D eigenvalue weighted by Gasteiger charge is -2.20. The summed E-state index contributed by atoms with van der Waals surface area (Å²) in [6.45, 7) is 2.25. The summed E-state index contributed by atoms with van der Waals surface area (Å²) >= 11 is 0. The van der Waals surface area contributed by atoms with Gasteiger partial charge in [0.25, 0.3) is 0 Å². The zero-order valence-electron chi connectivity index (χ0n) is 13.9. The predicted molar refractivity (Wildman–Crippen MR) is 92.4 cm³/mol. The van der Waals surface area contributed by atoms with E-state index in [2.05, 4.69) is 10.5 Å². The first kappa shape index (κ1) is 15.9. The average Bonchev–Trinajstić information content (AvgIpc) is 3.02.